The molecule has 0 spiro atoms. The summed E-state index contributed by atoms with van der Waals surface area (Å²) >= 11 is 1.66. The van der Waals surface area contributed by atoms with E-state index in [4.69, 9.17) is 10.00 Å². The summed E-state index contributed by atoms with van der Waals surface area (Å²) < 4.78 is 5.97. The van der Waals surface area contributed by atoms with Crippen LogP contribution in [0, 0.1) is 32.1 Å². The van der Waals surface area contributed by atoms with E-state index in [0.717, 1.165) is 21.3 Å². The molecule has 1 aromatic carbocycles. The highest BCUT2D eigenvalue weighted by Crippen LogP contribution is 2.36. The van der Waals surface area contributed by atoms with E-state index in [1.807, 2.05) is 31.2 Å². The predicted octanol–water partition coefficient (Wildman–Crippen LogP) is 4.47. The number of ether oxygens (including phenoxy) is 1. The molecular formula is C17H15N3OS. The lowest BCUT2D eigenvalue weighted by molar-refractivity contribution is 0.466. The third kappa shape index (κ3) is 2.66. The molecule has 110 valence electrons. The molecule has 0 radical (unpaired) electrons. The molecule has 0 aliphatic rings. The zero-order chi connectivity index (χ0) is 15.7. The summed E-state index contributed by atoms with van der Waals surface area (Å²) in [4.78, 5) is 11.1. The fourth-order valence-corrected chi connectivity index (χ4v) is 3.33. The van der Waals surface area contributed by atoms with E-state index < -0.39 is 0 Å². The smallest absolute Gasteiger partial charge is 0.231 e. The molecule has 2 heterocycles. The van der Waals surface area contributed by atoms with Gasteiger partial charge in [0.1, 0.15) is 16.4 Å². The summed E-state index contributed by atoms with van der Waals surface area (Å²) in [7, 11) is 0. The van der Waals surface area contributed by atoms with Gasteiger partial charge in [0.2, 0.25) is 5.88 Å². The number of nitriles is 1. The fraction of sp³-hybridized carbons (Fsp3) is 0.235. The van der Waals surface area contributed by atoms with E-state index in [1.165, 1.54) is 4.88 Å². The molecule has 5 heteroatoms. The molecule has 0 amide bonds. The number of aryl methyl sites for hydroxylation is 3. The number of hydrogen-bond donors (Lipinski definition) is 0. The second kappa shape index (κ2) is 5.74. The minimum absolute atomic E-state index is 0.403. The maximum atomic E-state index is 8.71. The van der Waals surface area contributed by atoms with Gasteiger partial charge in [0.15, 0.2) is 0 Å². The summed E-state index contributed by atoms with van der Waals surface area (Å²) in [5.41, 5.74) is 2.14. The van der Waals surface area contributed by atoms with E-state index in [9.17, 15) is 0 Å². The highest BCUT2D eigenvalue weighted by molar-refractivity contribution is 7.18. The van der Waals surface area contributed by atoms with Crippen molar-refractivity contribution in [2.45, 2.75) is 27.2 Å². The van der Waals surface area contributed by atoms with E-state index in [1.54, 1.807) is 11.3 Å². The minimum Gasteiger partial charge on any atom is -0.438 e. The average molecular weight is 309 g/mol. The Balaban J connectivity index is 2.01. The summed E-state index contributed by atoms with van der Waals surface area (Å²) in [5, 5.41) is 9.69. The van der Waals surface area contributed by atoms with Crippen LogP contribution in [0.15, 0.2) is 24.3 Å². The van der Waals surface area contributed by atoms with E-state index >= 15 is 0 Å². The molecule has 0 aliphatic carbocycles. The molecule has 0 bridgehead atoms. The van der Waals surface area contributed by atoms with Gasteiger partial charge in [-0.15, -0.1) is 11.3 Å². The van der Waals surface area contributed by atoms with Crippen LogP contribution in [0.2, 0.25) is 0 Å². The zero-order valence-electron chi connectivity index (χ0n) is 12.7. The quantitative estimate of drug-likeness (QED) is 0.716. The van der Waals surface area contributed by atoms with Gasteiger partial charge in [0, 0.05) is 4.88 Å². The first-order valence-electron chi connectivity index (χ1n) is 6.96. The van der Waals surface area contributed by atoms with Crippen molar-refractivity contribution in [1.82, 2.24) is 9.97 Å². The van der Waals surface area contributed by atoms with Gasteiger partial charge in [-0.2, -0.15) is 10.2 Å². The lowest BCUT2D eigenvalue weighted by Gasteiger charge is -2.08. The van der Waals surface area contributed by atoms with Crippen LogP contribution >= 0.6 is 11.3 Å². The number of benzene rings is 1. The summed E-state index contributed by atoms with van der Waals surface area (Å²) in [6.07, 6.45) is 0.403. The van der Waals surface area contributed by atoms with E-state index in [2.05, 4.69) is 29.9 Å². The number of aromatic nitrogens is 2. The van der Waals surface area contributed by atoms with Gasteiger partial charge in [0.25, 0.3) is 0 Å². The Morgan fingerprint density at radius 2 is 1.86 bits per heavy atom. The van der Waals surface area contributed by atoms with Gasteiger partial charge in [0.05, 0.1) is 17.9 Å². The number of nitrogens with zero attached hydrogens (tertiary/aromatic N) is 3. The zero-order valence-corrected chi connectivity index (χ0v) is 13.5. The predicted molar refractivity (Wildman–Crippen MR) is 87.5 cm³/mol. The first-order valence-corrected chi connectivity index (χ1v) is 7.78. The molecule has 0 atom stereocenters. The molecule has 0 N–H and O–H groups in total. The molecule has 0 saturated heterocycles. The van der Waals surface area contributed by atoms with Crippen molar-refractivity contribution < 1.29 is 4.74 Å². The van der Waals surface area contributed by atoms with Crippen LogP contribution in [-0.2, 0) is 6.42 Å². The van der Waals surface area contributed by atoms with Gasteiger partial charge in [-0.05, 0) is 44.0 Å². The lowest BCUT2D eigenvalue weighted by atomic mass is 10.2. The van der Waals surface area contributed by atoms with Crippen LogP contribution in [0.25, 0.3) is 10.2 Å². The Morgan fingerprint density at radius 3 is 2.55 bits per heavy atom. The van der Waals surface area contributed by atoms with E-state index in [-0.39, 0.29) is 0 Å². The van der Waals surface area contributed by atoms with Crippen LogP contribution in [-0.4, -0.2) is 9.97 Å². The Bertz CT molecular complexity index is 876. The number of thiophene rings is 1. The SMILES string of the molecule is Cc1nc(Oc2ccc(CC#N)cc2)c2c(C)c(C)sc2n1. The van der Waals surface area contributed by atoms with Crippen LogP contribution in [0.5, 0.6) is 11.6 Å². The van der Waals surface area contributed by atoms with Crippen molar-refractivity contribution in [3.05, 3.63) is 46.1 Å². The Kier molecular flexibility index (Phi) is 3.78. The van der Waals surface area contributed by atoms with Gasteiger partial charge in [-0.25, -0.2) is 4.98 Å². The summed E-state index contributed by atoms with van der Waals surface area (Å²) in [6, 6.07) is 9.66. The van der Waals surface area contributed by atoms with Gasteiger partial charge < -0.3 is 4.74 Å². The molecular weight excluding hydrogens is 294 g/mol. The van der Waals surface area contributed by atoms with Gasteiger partial charge >= 0.3 is 0 Å². The average Bonchev–Trinajstić information content (AvgIpc) is 2.76. The molecule has 0 aliphatic heterocycles. The van der Waals surface area contributed by atoms with Crippen LogP contribution < -0.4 is 4.74 Å². The van der Waals surface area contributed by atoms with Crippen molar-refractivity contribution in [2.75, 3.05) is 0 Å². The third-order valence-corrected chi connectivity index (χ3v) is 4.63. The topological polar surface area (TPSA) is 58.8 Å². The molecule has 0 saturated carbocycles. The van der Waals surface area contributed by atoms with E-state index in [0.29, 0.717) is 23.9 Å². The number of hydrogen-bond acceptors (Lipinski definition) is 5. The van der Waals surface area contributed by atoms with Gasteiger partial charge in [-0.3, -0.25) is 0 Å². The maximum Gasteiger partial charge on any atom is 0.231 e. The fourth-order valence-electron chi connectivity index (χ4n) is 2.27. The molecule has 3 rings (SSSR count). The monoisotopic (exact) mass is 309 g/mol. The first kappa shape index (κ1) is 14.5. The highest BCUT2D eigenvalue weighted by Gasteiger charge is 2.15. The van der Waals surface area contributed by atoms with Crippen molar-refractivity contribution in [2.24, 2.45) is 0 Å². The van der Waals surface area contributed by atoms with Crippen LogP contribution in [0.4, 0.5) is 0 Å². The molecule has 0 fully saturated rings. The lowest BCUT2D eigenvalue weighted by Crippen LogP contribution is -1.94. The second-order valence-electron chi connectivity index (χ2n) is 5.12. The highest BCUT2D eigenvalue weighted by atomic mass is 32.1. The maximum absolute atomic E-state index is 8.71. The first-order chi connectivity index (χ1) is 10.6. The van der Waals surface area contributed by atoms with Crippen molar-refractivity contribution in [3.8, 4) is 17.7 Å². The normalized spacial score (nSPS) is 10.6. The van der Waals surface area contributed by atoms with Crippen molar-refractivity contribution in [1.29, 1.82) is 5.26 Å². The second-order valence-corrected chi connectivity index (χ2v) is 6.32. The van der Waals surface area contributed by atoms with Crippen molar-refractivity contribution in [3.63, 3.8) is 0 Å². The summed E-state index contributed by atoms with van der Waals surface area (Å²) in [5.74, 6) is 2.01. The molecule has 0 unspecified atom stereocenters. The van der Waals surface area contributed by atoms with Crippen LogP contribution in [0.3, 0.4) is 0 Å². The van der Waals surface area contributed by atoms with Crippen molar-refractivity contribution >= 4 is 21.6 Å². The number of fused-ring (bicyclic) bond motifs is 1. The minimum atomic E-state index is 0.403. The Morgan fingerprint density at radius 1 is 1.14 bits per heavy atom. The standard InChI is InChI=1S/C17H15N3OS/c1-10-11(2)22-17-15(10)16(19-12(3)20-17)21-14-6-4-13(5-7-14)8-9-18/h4-7H,8H2,1-3H3. The van der Waals surface area contributed by atoms with Crippen LogP contribution in [0.1, 0.15) is 21.8 Å². The molecule has 3 aromatic rings. The van der Waals surface area contributed by atoms with Gasteiger partial charge in [-0.1, -0.05) is 12.1 Å². The summed E-state index contributed by atoms with van der Waals surface area (Å²) in [6.45, 7) is 6.01. The molecule has 2 aromatic heterocycles. The third-order valence-electron chi connectivity index (χ3n) is 3.53. The molecule has 22 heavy (non-hydrogen) atoms. The largest absolute Gasteiger partial charge is 0.438 e. The molecule has 4 nitrogen and oxygen atoms in total. The number of rotatable bonds is 3. The Labute approximate surface area is 133 Å². The Hall–Kier alpha value is -2.45.